The Morgan fingerprint density at radius 3 is 2.45 bits per heavy atom. The highest BCUT2D eigenvalue weighted by atomic mass is 19.1. The number of nitrogens with one attached hydrogen (secondary N) is 1. The second kappa shape index (κ2) is 17.2. The molecule has 2 unspecified atom stereocenters. The van der Waals surface area contributed by atoms with E-state index in [1.807, 2.05) is 12.1 Å². The summed E-state index contributed by atoms with van der Waals surface area (Å²) in [7, 11) is 1.66. The van der Waals surface area contributed by atoms with E-state index in [-0.39, 0.29) is 24.0 Å². The van der Waals surface area contributed by atoms with Gasteiger partial charge in [-0.3, -0.25) is 9.79 Å². The number of carbonyl (C=O) groups excluding carboxylic acids is 2. The van der Waals surface area contributed by atoms with Crippen LogP contribution in [0.5, 0.6) is 0 Å². The van der Waals surface area contributed by atoms with Crippen molar-refractivity contribution < 1.29 is 33.7 Å². The number of aryl methyl sites for hydroxylation is 1. The number of aldehydes is 1. The number of aromatic nitrogens is 1. The summed E-state index contributed by atoms with van der Waals surface area (Å²) in [4.78, 5) is 32.5. The van der Waals surface area contributed by atoms with Crippen molar-refractivity contribution in [2.45, 2.75) is 70.9 Å². The van der Waals surface area contributed by atoms with Crippen molar-refractivity contribution in [2.75, 3.05) is 13.7 Å². The van der Waals surface area contributed by atoms with Gasteiger partial charge in [-0.05, 0) is 62.9 Å². The van der Waals surface area contributed by atoms with Gasteiger partial charge in [-0.25, -0.2) is 9.38 Å². The number of H-pyrrole nitrogens is 1. The number of nitrogens with zero attached hydrogens (tertiary/aromatic N) is 2. The van der Waals surface area contributed by atoms with Gasteiger partial charge in [0.1, 0.15) is 18.7 Å². The minimum absolute atomic E-state index is 0.0287. The molecule has 10 nitrogen and oxygen atoms in total. The first-order chi connectivity index (χ1) is 18.0. The average molecular weight is 535 g/mol. The van der Waals surface area contributed by atoms with E-state index in [1.54, 1.807) is 26.1 Å². The maximum absolute atomic E-state index is 12.3. The Morgan fingerprint density at radius 2 is 1.89 bits per heavy atom. The lowest BCUT2D eigenvalue weighted by atomic mass is 10.1. The van der Waals surface area contributed by atoms with Gasteiger partial charge in [0.2, 0.25) is 0 Å². The quantitative estimate of drug-likeness (QED) is 0.133. The molecule has 38 heavy (non-hydrogen) atoms. The van der Waals surface area contributed by atoms with Crippen LogP contribution in [0.3, 0.4) is 0 Å². The number of aliphatic imine (C=N–C) groups is 2. The molecular weight excluding hydrogens is 495 g/mol. The van der Waals surface area contributed by atoms with Crippen LogP contribution >= 0.6 is 0 Å². The first-order valence-electron chi connectivity index (χ1n) is 12.3. The van der Waals surface area contributed by atoms with Crippen LogP contribution < -0.4 is 5.73 Å². The molecule has 1 aliphatic rings. The fraction of sp³-hybridized carbons (Fsp3) is 0.481. The van der Waals surface area contributed by atoms with Crippen LogP contribution in [0.4, 0.5) is 4.39 Å². The number of benzene rings is 1. The van der Waals surface area contributed by atoms with Crippen LogP contribution in [0.2, 0.25) is 0 Å². The Bertz CT molecular complexity index is 1020. The van der Waals surface area contributed by atoms with Gasteiger partial charge >= 0.3 is 5.97 Å². The molecule has 11 heteroatoms. The SMILES string of the molecule is CC(C)(O)O.CCC(=O)OCC1CCC(c2ccc(C(N=CN)=NC)[nH]2)O1.O=CCCc1ccc(F)cc1. The summed E-state index contributed by atoms with van der Waals surface area (Å²) in [6.07, 6.45) is 5.34. The summed E-state index contributed by atoms with van der Waals surface area (Å²) in [5.74, 6) is -1.39. The molecule has 1 saturated heterocycles. The zero-order valence-corrected chi connectivity index (χ0v) is 22.4. The van der Waals surface area contributed by atoms with Crippen LogP contribution in [0.15, 0.2) is 46.4 Å². The maximum Gasteiger partial charge on any atom is 0.305 e. The third kappa shape index (κ3) is 13.8. The number of amidine groups is 1. The Morgan fingerprint density at radius 1 is 1.24 bits per heavy atom. The molecule has 1 fully saturated rings. The standard InChI is InChI=1S/C15H22N4O3.C9H9FO.C3H8O2/c1-3-14(20)21-8-10-4-7-13(22-10)11-5-6-12(19-11)15(17-2)18-9-16;10-9-5-3-8(4-6-9)2-1-7-11;1-3(2,4)5/h5-6,9-10,13,19H,3-4,7-8H2,1-2H3,(H2,16,17,18);3-7H,1-2H2;4-5H,1-2H3. The summed E-state index contributed by atoms with van der Waals surface area (Å²) in [6.45, 7) is 4.69. The highest BCUT2D eigenvalue weighted by molar-refractivity contribution is 6.01. The number of esters is 1. The average Bonchev–Trinajstić information content (AvgIpc) is 3.55. The van der Waals surface area contributed by atoms with E-state index in [1.165, 1.54) is 32.3 Å². The zero-order chi connectivity index (χ0) is 28.6. The molecule has 2 heterocycles. The number of carbonyl (C=O) groups is 2. The Hall–Kier alpha value is -3.41. The summed E-state index contributed by atoms with van der Waals surface area (Å²) in [6, 6.07) is 10.0. The number of aliphatic hydroxyl groups is 2. The molecule has 2 atom stereocenters. The molecule has 0 aliphatic carbocycles. The van der Waals surface area contributed by atoms with Crippen molar-refractivity contribution in [3.8, 4) is 0 Å². The lowest BCUT2D eigenvalue weighted by Gasteiger charge is -2.13. The first-order valence-corrected chi connectivity index (χ1v) is 12.3. The summed E-state index contributed by atoms with van der Waals surface area (Å²) >= 11 is 0. The fourth-order valence-corrected chi connectivity index (χ4v) is 3.27. The predicted molar refractivity (Wildman–Crippen MR) is 143 cm³/mol. The highest BCUT2D eigenvalue weighted by Crippen LogP contribution is 2.32. The van der Waals surface area contributed by atoms with Crippen LogP contribution in [-0.4, -0.2) is 65.2 Å². The zero-order valence-electron chi connectivity index (χ0n) is 22.4. The van der Waals surface area contributed by atoms with E-state index in [0.29, 0.717) is 31.7 Å². The molecule has 2 aromatic rings. The van der Waals surface area contributed by atoms with Crippen LogP contribution in [-0.2, 0) is 25.5 Å². The molecule has 0 spiro atoms. The number of hydrogen-bond donors (Lipinski definition) is 4. The number of ether oxygens (including phenoxy) is 2. The van der Waals surface area contributed by atoms with Crippen molar-refractivity contribution in [1.29, 1.82) is 0 Å². The molecule has 0 saturated carbocycles. The third-order valence-corrected chi connectivity index (χ3v) is 5.00. The molecule has 0 bridgehead atoms. The maximum atomic E-state index is 12.3. The smallest absolute Gasteiger partial charge is 0.305 e. The van der Waals surface area contributed by atoms with Crippen molar-refractivity contribution >= 4 is 24.4 Å². The topological polar surface area (TPSA) is 160 Å². The molecule has 3 rings (SSSR count). The Labute approximate surface area is 222 Å². The van der Waals surface area contributed by atoms with Gasteiger partial charge < -0.3 is 35.2 Å². The summed E-state index contributed by atoms with van der Waals surface area (Å²) in [5.41, 5.74) is 8.07. The van der Waals surface area contributed by atoms with E-state index >= 15 is 0 Å². The van der Waals surface area contributed by atoms with E-state index in [2.05, 4.69) is 15.0 Å². The molecule has 5 N–H and O–H groups in total. The molecule has 1 aromatic carbocycles. The Balaban J connectivity index is 0.000000374. The van der Waals surface area contributed by atoms with Gasteiger partial charge in [0, 0.05) is 25.6 Å². The van der Waals surface area contributed by atoms with E-state index in [0.717, 1.165) is 36.1 Å². The lowest BCUT2D eigenvalue weighted by molar-refractivity contribution is -0.147. The lowest BCUT2D eigenvalue weighted by Crippen LogP contribution is -2.17. The van der Waals surface area contributed by atoms with Gasteiger partial charge in [-0.1, -0.05) is 19.1 Å². The first kappa shape index (κ1) is 32.6. The largest absolute Gasteiger partial charge is 0.463 e. The van der Waals surface area contributed by atoms with Gasteiger partial charge in [-0.15, -0.1) is 0 Å². The number of halogens is 1. The second-order valence-corrected chi connectivity index (χ2v) is 8.84. The molecule has 210 valence electrons. The van der Waals surface area contributed by atoms with Crippen molar-refractivity contribution in [1.82, 2.24) is 4.98 Å². The van der Waals surface area contributed by atoms with Gasteiger partial charge in [0.05, 0.1) is 24.2 Å². The van der Waals surface area contributed by atoms with Crippen molar-refractivity contribution in [3.63, 3.8) is 0 Å². The molecule has 1 aromatic heterocycles. The molecule has 1 aliphatic heterocycles. The monoisotopic (exact) mass is 534 g/mol. The minimum Gasteiger partial charge on any atom is -0.463 e. The number of rotatable bonds is 8. The van der Waals surface area contributed by atoms with Crippen molar-refractivity contribution in [2.24, 2.45) is 15.7 Å². The molecule has 0 amide bonds. The number of aromatic amines is 1. The number of nitrogens with two attached hydrogens (primary N) is 1. The van der Waals surface area contributed by atoms with E-state index in [4.69, 9.17) is 25.4 Å². The highest BCUT2D eigenvalue weighted by Gasteiger charge is 2.28. The van der Waals surface area contributed by atoms with E-state index in [9.17, 15) is 14.0 Å². The summed E-state index contributed by atoms with van der Waals surface area (Å²) < 4.78 is 23.4. The minimum atomic E-state index is -1.50. The fourth-order valence-electron chi connectivity index (χ4n) is 3.27. The Kier molecular flexibility index (Phi) is 14.7. The van der Waals surface area contributed by atoms with Crippen LogP contribution in [0, 0.1) is 5.82 Å². The van der Waals surface area contributed by atoms with Gasteiger partial charge in [-0.2, -0.15) is 0 Å². The van der Waals surface area contributed by atoms with Gasteiger partial charge in [0.15, 0.2) is 11.6 Å². The summed E-state index contributed by atoms with van der Waals surface area (Å²) in [5, 5.41) is 16.2. The molecular formula is C27H39FN4O6. The predicted octanol–water partition coefficient (Wildman–Crippen LogP) is 3.22. The third-order valence-electron chi connectivity index (χ3n) is 5.00. The van der Waals surface area contributed by atoms with Crippen LogP contribution in [0.1, 0.15) is 69.5 Å². The van der Waals surface area contributed by atoms with E-state index < -0.39 is 5.79 Å². The van der Waals surface area contributed by atoms with Crippen LogP contribution in [0.25, 0.3) is 0 Å². The normalized spacial score (nSPS) is 17.3. The van der Waals surface area contributed by atoms with Crippen molar-refractivity contribution in [3.05, 3.63) is 59.2 Å². The van der Waals surface area contributed by atoms with Gasteiger partial charge in [0.25, 0.3) is 0 Å². The number of hydrogen-bond acceptors (Lipinski definition) is 7. The molecule has 0 radical (unpaired) electrons. The second-order valence-electron chi connectivity index (χ2n) is 8.84.